The molecule has 0 aliphatic carbocycles. The van der Waals surface area contributed by atoms with Crippen molar-refractivity contribution in [3.05, 3.63) is 102 Å². The van der Waals surface area contributed by atoms with Crippen molar-refractivity contribution >= 4 is 39.5 Å². The van der Waals surface area contributed by atoms with Crippen molar-refractivity contribution in [2.75, 3.05) is 32.7 Å². The van der Waals surface area contributed by atoms with Gasteiger partial charge in [-0.15, -0.1) is 0 Å². The third-order valence-corrected chi connectivity index (χ3v) is 6.35. The number of fused-ring (bicyclic) bond motifs is 3. The van der Waals surface area contributed by atoms with Crippen LogP contribution in [0.5, 0.6) is 17.2 Å². The fourth-order valence-corrected chi connectivity index (χ4v) is 4.47. The third-order valence-electron chi connectivity index (χ3n) is 6.35. The molecule has 5 aromatic rings. The van der Waals surface area contributed by atoms with E-state index < -0.39 is 5.97 Å². The van der Waals surface area contributed by atoms with Crippen LogP contribution in [-0.4, -0.2) is 43.4 Å². The van der Waals surface area contributed by atoms with E-state index in [4.69, 9.17) is 14.2 Å². The van der Waals surface area contributed by atoms with Crippen LogP contribution < -0.4 is 19.5 Å². The molecule has 0 saturated carbocycles. The second kappa shape index (κ2) is 11.0. The second-order valence-electron chi connectivity index (χ2n) is 8.76. The minimum Gasteiger partial charge on any atom is -0.493 e. The summed E-state index contributed by atoms with van der Waals surface area (Å²) in [4.78, 5) is 14.7. The Balaban J connectivity index is 1.43. The normalized spacial score (nSPS) is 11.5. The molecule has 0 saturated heterocycles. The van der Waals surface area contributed by atoms with Crippen LogP contribution in [0.3, 0.4) is 0 Å². The Labute approximate surface area is 220 Å². The number of nitrogens with one attached hydrogen (secondary N) is 2. The predicted molar refractivity (Wildman–Crippen MR) is 151 cm³/mol. The lowest BCUT2D eigenvalue weighted by Gasteiger charge is -2.16. The van der Waals surface area contributed by atoms with Crippen molar-refractivity contribution in [2.45, 2.75) is 0 Å². The number of methoxy groups -OCH3 is 2. The summed E-state index contributed by atoms with van der Waals surface area (Å²) in [5.41, 5.74) is 4.85. The molecule has 1 heterocycles. The van der Waals surface area contributed by atoms with E-state index in [-0.39, 0.29) is 5.56 Å². The SMILES string of the molecule is COc1cccc(NCC(=Cc2ccc(C(=O)O)cc2)COc2cccc3c2[nH]c2ccccc23)c1OC. The maximum absolute atomic E-state index is 11.3. The van der Waals surface area contributed by atoms with Crippen molar-refractivity contribution < 1.29 is 24.1 Å². The fourth-order valence-electron chi connectivity index (χ4n) is 4.47. The Morgan fingerprint density at radius 1 is 0.868 bits per heavy atom. The van der Waals surface area contributed by atoms with Crippen LogP contribution in [0.25, 0.3) is 27.9 Å². The Morgan fingerprint density at radius 3 is 2.37 bits per heavy atom. The van der Waals surface area contributed by atoms with Gasteiger partial charge in [-0.3, -0.25) is 0 Å². The monoisotopic (exact) mass is 508 g/mol. The van der Waals surface area contributed by atoms with Crippen LogP contribution in [0.2, 0.25) is 0 Å². The number of carboxylic acid groups (broad SMARTS) is 1. The Morgan fingerprint density at radius 2 is 1.61 bits per heavy atom. The van der Waals surface area contributed by atoms with Gasteiger partial charge in [-0.05, 0) is 47.5 Å². The molecule has 0 atom stereocenters. The van der Waals surface area contributed by atoms with E-state index in [0.29, 0.717) is 24.7 Å². The quantitative estimate of drug-likeness (QED) is 0.197. The lowest BCUT2D eigenvalue weighted by molar-refractivity contribution is 0.0697. The van der Waals surface area contributed by atoms with Gasteiger partial charge in [0.2, 0.25) is 0 Å². The minimum atomic E-state index is -0.956. The molecule has 0 unspecified atom stereocenters. The van der Waals surface area contributed by atoms with Gasteiger partial charge in [0, 0.05) is 22.8 Å². The van der Waals surface area contributed by atoms with Gasteiger partial charge in [0.05, 0.1) is 31.0 Å². The molecule has 0 amide bonds. The number of hydrogen-bond acceptors (Lipinski definition) is 5. The van der Waals surface area contributed by atoms with Gasteiger partial charge in [-0.25, -0.2) is 4.79 Å². The smallest absolute Gasteiger partial charge is 0.335 e. The van der Waals surface area contributed by atoms with Gasteiger partial charge in [0.1, 0.15) is 12.4 Å². The first-order valence-corrected chi connectivity index (χ1v) is 12.2. The number of aromatic carboxylic acids is 1. The number of hydrogen-bond donors (Lipinski definition) is 3. The summed E-state index contributed by atoms with van der Waals surface area (Å²) >= 11 is 0. The van der Waals surface area contributed by atoms with E-state index in [1.54, 1.807) is 38.5 Å². The van der Waals surface area contributed by atoms with Crippen LogP contribution >= 0.6 is 0 Å². The number of benzene rings is 4. The summed E-state index contributed by atoms with van der Waals surface area (Å²) in [5, 5.41) is 14.9. The largest absolute Gasteiger partial charge is 0.493 e. The number of aromatic amines is 1. The molecule has 38 heavy (non-hydrogen) atoms. The highest BCUT2D eigenvalue weighted by atomic mass is 16.5. The molecule has 0 aliphatic heterocycles. The van der Waals surface area contributed by atoms with Crippen LogP contribution in [0.15, 0.2) is 90.5 Å². The highest BCUT2D eigenvalue weighted by Crippen LogP contribution is 2.35. The van der Waals surface area contributed by atoms with Crippen molar-refractivity contribution in [1.82, 2.24) is 4.98 Å². The van der Waals surface area contributed by atoms with E-state index in [0.717, 1.165) is 44.4 Å². The Hall–Kier alpha value is -4.91. The number of carboxylic acids is 1. The Bertz CT molecular complexity index is 1620. The average Bonchev–Trinajstić information content (AvgIpc) is 3.34. The summed E-state index contributed by atoms with van der Waals surface area (Å²) in [6.45, 7) is 0.779. The van der Waals surface area contributed by atoms with Crippen LogP contribution in [0.1, 0.15) is 15.9 Å². The molecule has 5 rings (SSSR count). The zero-order valence-corrected chi connectivity index (χ0v) is 21.2. The standard InChI is InChI=1S/C31H28N2O5/c1-36-28-12-6-10-26(30(28)37-2)32-18-21(17-20-13-15-22(16-14-20)31(34)35)19-38-27-11-5-8-24-23-7-3-4-9-25(23)33-29(24)27/h3-17,32-33H,18-19H2,1-2H3,(H,34,35). The number of rotatable bonds is 10. The van der Waals surface area contributed by atoms with Crippen LogP contribution in [-0.2, 0) is 0 Å². The van der Waals surface area contributed by atoms with Gasteiger partial charge >= 0.3 is 5.97 Å². The molecule has 7 heteroatoms. The lowest BCUT2D eigenvalue weighted by atomic mass is 10.1. The Kier molecular flexibility index (Phi) is 7.17. The number of H-pyrrole nitrogens is 1. The third kappa shape index (κ3) is 5.13. The maximum atomic E-state index is 11.3. The van der Waals surface area contributed by atoms with Gasteiger partial charge in [-0.1, -0.05) is 54.6 Å². The first-order valence-electron chi connectivity index (χ1n) is 12.2. The number of aromatic nitrogens is 1. The molecule has 0 spiro atoms. The molecule has 0 aliphatic rings. The first-order chi connectivity index (χ1) is 18.6. The predicted octanol–water partition coefficient (Wildman–Crippen LogP) is 6.61. The van der Waals surface area contributed by atoms with E-state index in [9.17, 15) is 9.90 Å². The number of carbonyl (C=O) groups is 1. The van der Waals surface area contributed by atoms with Gasteiger partial charge in [-0.2, -0.15) is 0 Å². The summed E-state index contributed by atoms with van der Waals surface area (Å²) in [6.07, 6.45) is 2.00. The molecule has 4 aromatic carbocycles. The van der Waals surface area contributed by atoms with Crippen molar-refractivity contribution in [1.29, 1.82) is 0 Å². The zero-order chi connectivity index (χ0) is 26.5. The molecule has 7 nitrogen and oxygen atoms in total. The summed E-state index contributed by atoms with van der Waals surface area (Å²) < 4.78 is 17.3. The molecule has 0 fully saturated rings. The highest BCUT2D eigenvalue weighted by molar-refractivity contribution is 6.09. The summed E-state index contributed by atoms with van der Waals surface area (Å²) in [7, 11) is 3.21. The lowest BCUT2D eigenvalue weighted by Crippen LogP contribution is -2.12. The van der Waals surface area contributed by atoms with Crippen molar-refractivity contribution in [3.63, 3.8) is 0 Å². The van der Waals surface area contributed by atoms with Crippen LogP contribution in [0, 0.1) is 0 Å². The van der Waals surface area contributed by atoms with Gasteiger partial charge in [0.15, 0.2) is 11.5 Å². The number of anilines is 1. The molecular weight excluding hydrogens is 480 g/mol. The average molecular weight is 509 g/mol. The van der Waals surface area contributed by atoms with E-state index in [1.165, 1.54) is 0 Å². The van der Waals surface area contributed by atoms with Crippen molar-refractivity contribution in [3.8, 4) is 17.2 Å². The zero-order valence-electron chi connectivity index (χ0n) is 21.2. The molecular formula is C31H28N2O5. The minimum absolute atomic E-state index is 0.240. The molecule has 192 valence electrons. The van der Waals surface area contributed by atoms with E-state index in [2.05, 4.69) is 28.5 Å². The number of para-hydroxylation sites is 3. The topological polar surface area (TPSA) is 92.8 Å². The van der Waals surface area contributed by atoms with Crippen molar-refractivity contribution in [2.24, 2.45) is 0 Å². The molecule has 3 N–H and O–H groups in total. The molecule has 0 bridgehead atoms. The maximum Gasteiger partial charge on any atom is 0.335 e. The first kappa shape index (κ1) is 24.8. The summed E-state index contributed by atoms with van der Waals surface area (Å²) in [5.74, 6) is 1.05. The van der Waals surface area contributed by atoms with E-state index in [1.807, 2.05) is 48.5 Å². The van der Waals surface area contributed by atoms with E-state index >= 15 is 0 Å². The van der Waals surface area contributed by atoms with Gasteiger partial charge < -0.3 is 29.6 Å². The summed E-state index contributed by atoms with van der Waals surface area (Å²) in [6, 6.07) is 26.6. The second-order valence-corrected chi connectivity index (χ2v) is 8.76. The fraction of sp³-hybridized carbons (Fsp3) is 0.129. The van der Waals surface area contributed by atoms with Crippen LogP contribution in [0.4, 0.5) is 5.69 Å². The molecule has 0 radical (unpaired) electrons. The highest BCUT2D eigenvalue weighted by Gasteiger charge is 2.12. The molecule has 1 aromatic heterocycles. The number of ether oxygens (including phenoxy) is 3. The van der Waals surface area contributed by atoms with Gasteiger partial charge in [0.25, 0.3) is 0 Å².